The molecule has 0 atom stereocenters. The van der Waals surface area contributed by atoms with Crippen molar-refractivity contribution in [3.05, 3.63) is 82.9 Å². The van der Waals surface area contributed by atoms with Gasteiger partial charge in [0.15, 0.2) is 11.5 Å². The van der Waals surface area contributed by atoms with Crippen LogP contribution in [0.4, 0.5) is 0 Å². The van der Waals surface area contributed by atoms with Crippen LogP contribution in [0, 0.1) is 0 Å². The van der Waals surface area contributed by atoms with E-state index in [1.807, 2.05) is 0 Å². The van der Waals surface area contributed by atoms with E-state index in [9.17, 15) is 39.6 Å². The van der Waals surface area contributed by atoms with Crippen LogP contribution in [0.25, 0.3) is 0 Å². The van der Waals surface area contributed by atoms with Crippen LogP contribution >= 0.6 is 0 Å². The minimum Gasteiger partial charge on any atom is -0.478 e. The lowest BCUT2D eigenvalue weighted by Gasteiger charge is -2.20. The van der Waals surface area contributed by atoms with Gasteiger partial charge in [-0.3, -0.25) is 0 Å². The number of carboxylic acid groups (broad SMARTS) is 4. The van der Waals surface area contributed by atoms with Gasteiger partial charge in [-0.2, -0.15) is 0 Å². The summed E-state index contributed by atoms with van der Waals surface area (Å²) in [5.41, 5.74) is -4.66. The van der Waals surface area contributed by atoms with Crippen molar-refractivity contribution >= 4 is 23.9 Å². The van der Waals surface area contributed by atoms with Crippen LogP contribution in [0.5, 0.6) is 23.0 Å². The molecule has 3 rings (SSSR count). The number of aromatic carboxylic acids is 4. The van der Waals surface area contributed by atoms with Crippen LogP contribution in [-0.4, -0.2) is 44.3 Å². The summed E-state index contributed by atoms with van der Waals surface area (Å²) >= 11 is 0. The fourth-order valence-corrected chi connectivity index (χ4v) is 2.95. The second kappa shape index (κ2) is 8.88. The van der Waals surface area contributed by atoms with Crippen molar-refractivity contribution in [3.8, 4) is 23.0 Å². The molecule has 0 aliphatic heterocycles. The van der Waals surface area contributed by atoms with E-state index in [4.69, 9.17) is 9.47 Å². The molecule has 0 aliphatic carbocycles. The third-order valence-electron chi connectivity index (χ3n) is 4.19. The van der Waals surface area contributed by atoms with E-state index in [1.165, 1.54) is 48.5 Å². The standard InChI is InChI=1S/C22H14O10/c23-19(24)13-14(20(25)26)16(22(29)30)18(32-12-9-5-2-6-10-12)17(15(13)21(27)28)31-11-7-3-1-4-8-11/h1-10H,(H,23,24)(H,25,26)(H,27,28)(H,29,30). The predicted octanol–water partition coefficient (Wildman–Crippen LogP) is 4.06. The van der Waals surface area contributed by atoms with Crippen LogP contribution in [-0.2, 0) is 0 Å². The fourth-order valence-electron chi connectivity index (χ4n) is 2.95. The van der Waals surface area contributed by atoms with Crippen molar-refractivity contribution in [2.24, 2.45) is 0 Å². The first-order valence-electron chi connectivity index (χ1n) is 8.85. The van der Waals surface area contributed by atoms with Gasteiger partial charge in [0.05, 0.1) is 11.1 Å². The minimum absolute atomic E-state index is 0.0312. The number of carbonyl (C=O) groups is 4. The molecule has 0 aliphatic rings. The molecule has 0 saturated carbocycles. The molecule has 10 heteroatoms. The molecule has 0 bridgehead atoms. The third-order valence-corrected chi connectivity index (χ3v) is 4.19. The molecule has 3 aromatic carbocycles. The van der Waals surface area contributed by atoms with Crippen molar-refractivity contribution in [2.45, 2.75) is 0 Å². The van der Waals surface area contributed by atoms with Gasteiger partial charge in [0.1, 0.15) is 22.6 Å². The Balaban J connectivity index is 2.49. The molecule has 4 N–H and O–H groups in total. The van der Waals surface area contributed by atoms with Crippen LogP contribution in [0.15, 0.2) is 60.7 Å². The van der Waals surface area contributed by atoms with Crippen LogP contribution in [0.3, 0.4) is 0 Å². The highest BCUT2D eigenvalue weighted by atomic mass is 16.5. The second-order valence-corrected chi connectivity index (χ2v) is 6.21. The summed E-state index contributed by atoms with van der Waals surface area (Å²) in [6.45, 7) is 0. The summed E-state index contributed by atoms with van der Waals surface area (Å²) in [6.07, 6.45) is 0. The zero-order valence-electron chi connectivity index (χ0n) is 16.0. The summed E-state index contributed by atoms with van der Waals surface area (Å²) in [4.78, 5) is 47.9. The average molecular weight is 438 g/mol. The Labute approximate surface area is 179 Å². The summed E-state index contributed by atoms with van der Waals surface area (Å²) < 4.78 is 11.1. The van der Waals surface area contributed by atoms with Gasteiger partial charge in [0.2, 0.25) is 0 Å². The molecule has 0 radical (unpaired) electrons. The van der Waals surface area contributed by atoms with Crippen LogP contribution < -0.4 is 9.47 Å². The highest BCUT2D eigenvalue weighted by molar-refractivity contribution is 6.16. The molecule has 10 nitrogen and oxygen atoms in total. The molecule has 32 heavy (non-hydrogen) atoms. The highest BCUT2D eigenvalue weighted by Crippen LogP contribution is 2.45. The van der Waals surface area contributed by atoms with E-state index in [0.717, 1.165) is 0 Å². The second-order valence-electron chi connectivity index (χ2n) is 6.21. The number of ether oxygens (including phenoxy) is 2. The molecule has 0 spiro atoms. The number of carboxylic acids is 4. The maximum Gasteiger partial charge on any atom is 0.340 e. The Morgan fingerprint density at radius 2 is 0.750 bits per heavy atom. The predicted molar refractivity (Wildman–Crippen MR) is 107 cm³/mol. The lowest BCUT2D eigenvalue weighted by molar-refractivity contribution is 0.0615. The fraction of sp³-hybridized carbons (Fsp3) is 0. The highest BCUT2D eigenvalue weighted by Gasteiger charge is 2.38. The van der Waals surface area contributed by atoms with E-state index < -0.39 is 57.6 Å². The molecule has 0 aromatic heterocycles. The Kier molecular flexibility index (Phi) is 6.06. The van der Waals surface area contributed by atoms with Gasteiger partial charge in [-0.05, 0) is 24.3 Å². The summed E-state index contributed by atoms with van der Waals surface area (Å²) in [7, 11) is 0. The SMILES string of the molecule is O=C(O)c1c(Oc2ccccc2)c(Oc2ccccc2)c(C(=O)O)c(C(=O)O)c1C(=O)O. The Morgan fingerprint density at radius 3 is 1.00 bits per heavy atom. The Hall–Kier alpha value is -4.86. The van der Waals surface area contributed by atoms with Crippen molar-refractivity contribution in [2.75, 3.05) is 0 Å². The molecule has 0 amide bonds. The zero-order valence-corrected chi connectivity index (χ0v) is 16.0. The quantitative estimate of drug-likeness (QED) is 0.402. The first-order valence-corrected chi connectivity index (χ1v) is 8.85. The lowest BCUT2D eigenvalue weighted by Crippen LogP contribution is -2.21. The normalized spacial score (nSPS) is 10.2. The summed E-state index contributed by atoms with van der Waals surface area (Å²) in [5, 5.41) is 38.7. The van der Waals surface area contributed by atoms with Gasteiger partial charge in [-0.15, -0.1) is 0 Å². The first kappa shape index (κ1) is 21.8. The van der Waals surface area contributed by atoms with Crippen molar-refractivity contribution in [1.29, 1.82) is 0 Å². The number of hydrogen-bond acceptors (Lipinski definition) is 6. The maximum atomic E-state index is 12.1. The first-order chi connectivity index (χ1) is 15.2. The van der Waals surface area contributed by atoms with E-state index in [0.29, 0.717) is 0 Å². The maximum absolute atomic E-state index is 12.1. The van der Waals surface area contributed by atoms with E-state index in [1.54, 1.807) is 12.1 Å². The van der Waals surface area contributed by atoms with E-state index >= 15 is 0 Å². The van der Waals surface area contributed by atoms with Gasteiger partial charge < -0.3 is 29.9 Å². The molecule has 0 fully saturated rings. The van der Waals surface area contributed by atoms with Crippen LogP contribution in [0.1, 0.15) is 41.4 Å². The molecular formula is C22H14O10. The van der Waals surface area contributed by atoms with E-state index in [-0.39, 0.29) is 11.5 Å². The number of hydrogen-bond donors (Lipinski definition) is 4. The van der Waals surface area contributed by atoms with Crippen molar-refractivity contribution in [1.82, 2.24) is 0 Å². The molecular weight excluding hydrogens is 424 g/mol. The van der Waals surface area contributed by atoms with Crippen molar-refractivity contribution in [3.63, 3.8) is 0 Å². The number of rotatable bonds is 8. The lowest BCUT2D eigenvalue weighted by atomic mass is 9.93. The topological polar surface area (TPSA) is 168 Å². The molecule has 0 saturated heterocycles. The number of para-hydroxylation sites is 2. The van der Waals surface area contributed by atoms with Crippen molar-refractivity contribution < 1.29 is 49.1 Å². The molecule has 0 heterocycles. The smallest absolute Gasteiger partial charge is 0.340 e. The monoisotopic (exact) mass is 438 g/mol. The Morgan fingerprint density at radius 1 is 0.469 bits per heavy atom. The van der Waals surface area contributed by atoms with Gasteiger partial charge >= 0.3 is 23.9 Å². The zero-order chi connectivity index (χ0) is 23.4. The molecule has 0 unspecified atom stereocenters. The largest absolute Gasteiger partial charge is 0.478 e. The average Bonchev–Trinajstić information content (AvgIpc) is 2.74. The molecule has 3 aromatic rings. The van der Waals surface area contributed by atoms with Gasteiger partial charge in [0.25, 0.3) is 0 Å². The van der Waals surface area contributed by atoms with Gasteiger partial charge in [-0.25, -0.2) is 19.2 Å². The Bertz CT molecular complexity index is 1120. The van der Waals surface area contributed by atoms with Gasteiger partial charge in [-0.1, -0.05) is 36.4 Å². The van der Waals surface area contributed by atoms with Crippen LogP contribution in [0.2, 0.25) is 0 Å². The minimum atomic E-state index is -1.97. The summed E-state index contributed by atoms with van der Waals surface area (Å²) in [5.74, 6) is -9.12. The van der Waals surface area contributed by atoms with E-state index in [2.05, 4.69) is 0 Å². The molecule has 162 valence electrons. The third kappa shape index (κ3) is 4.19. The number of benzene rings is 3. The van der Waals surface area contributed by atoms with Gasteiger partial charge in [0, 0.05) is 0 Å². The summed E-state index contributed by atoms with van der Waals surface area (Å²) in [6, 6.07) is 15.0.